The van der Waals surface area contributed by atoms with Crippen molar-refractivity contribution in [2.45, 2.75) is 19.4 Å². The van der Waals surface area contributed by atoms with Crippen LogP contribution in [0.2, 0.25) is 0 Å². The molecule has 6 aromatic rings. The molecule has 194 valence electrons. The third-order valence-electron chi connectivity index (χ3n) is 7.48. The lowest BCUT2D eigenvalue weighted by Gasteiger charge is -2.14. The van der Waals surface area contributed by atoms with Crippen LogP contribution < -0.4 is 4.74 Å². The van der Waals surface area contributed by atoms with Gasteiger partial charge in [0.2, 0.25) is 0 Å². The lowest BCUT2D eigenvalue weighted by atomic mass is 10.0. The third kappa shape index (κ3) is 4.42. The molecule has 0 atom stereocenters. The Hall–Kier alpha value is -4.56. The number of aromatic nitrogens is 5. The Bertz CT molecular complexity index is 1820. The van der Waals surface area contributed by atoms with Gasteiger partial charge in [0, 0.05) is 46.9 Å². The first-order chi connectivity index (χ1) is 19.1. The molecule has 0 amide bonds. The summed E-state index contributed by atoms with van der Waals surface area (Å²) in [5.41, 5.74) is 8.15. The van der Waals surface area contributed by atoms with Gasteiger partial charge in [-0.15, -0.1) is 0 Å². The van der Waals surface area contributed by atoms with E-state index in [1.807, 2.05) is 42.9 Å². The first kappa shape index (κ1) is 23.5. The van der Waals surface area contributed by atoms with E-state index in [0.29, 0.717) is 5.75 Å². The highest BCUT2D eigenvalue weighted by atomic mass is 19.1. The van der Waals surface area contributed by atoms with E-state index in [2.05, 4.69) is 43.3 Å². The average molecular weight is 519 g/mol. The Morgan fingerprint density at radius 1 is 0.923 bits per heavy atom. The summed E-state index contributed by atoms with van der Waals surface area (Å²) in [6.45, 7) is 3.20. The van der Waals surface area contributed by atoms with E-state index in [1.54, 1.807) is 7.11 Å². The molecule has 5 heterocycles. The highest BCUT2D eigenvalue weighted by molar-refractivity contribution is 6.01. The number of ether oxygens (including phenoxy) is 1. The van der Waals surface area contributed by atoms with Gasteiger partial charge in [-0.3, -0.25) is 20.0 Å². The van der Waals surface area contributed by atoms with Crippen LogP contribution in [0.4, 0.5) is 4.39 Å². The minimum Gasteiger partial charge on any atom is -0.497 e. The fourth-order valence-electron chi connectivity index (χ4n) is 5.56. The molecule has 1 fully saturated rings. The Labute approximate surface area is 224 Å². The molecule has 0 aliphatic carbocycles. The van der Waals surface area contributed by atoms with Crippen LogP contribution >= 0.6 is 0 Å². The number of halogens is 1. The molecule has 0 saturated carbocycles. The molecule has 0 radical (unpaired) electrons. The van der Waals surface area contributed by atoms with Gasteiger partial charge in [-0.1, -0.05) is 12.1 Å². The summed E-state index contributed by atoms with van der Waals surface area (Å²) in [6, 6.07) is 17.0. The number of nitrogens with zero attached hydrogens (tertiary/aromatic N) is 4. The van der Waals surface area contributed by atoms with Gasteiger partial charge >= 0.3 is 0 Å². The van der Waals surface area contributed by atoms with Crippen LogP contribution in [-0.2, 0) is 6.54 Å². The van der Waals surface area contributed by atoms with Gasteiger partial charge in [-0.05, 0) is 79.0 Å². The van der Waals surface area contributed by atoms with Crippen molar-refractivity contribution in [1.29, 1.82) is 0 Å². The maximum Gasteiger partial charge on any atom is 0.127 e. The number of methoxy groups -OCH3 is 1. The standard InChI is InChI=1S/C31H27FN6O/c1-39-23-11-20(10-22(32)12-23)24-5-4-6-27-25(24)13-29(35-27)31-26-14-28(34-17-30(26)36-37-31)21-9-19(15-33-16-21)18-38-7-2-3-8-38/h4-6,9-17,35H,2-3,7-8,18H2,1H3,(H,36,37). The normalized spacial score (nSPS) is 14.0. The van der Waals surface area contributed by atoms with E-state index in [-0.39, 0.29) is 5.82 Å². The molecule has 0 spiro atoms. The first-order valence-electron chi connectivity index (χ1n) is 13.1. The van der Waals surface area contributed by atoms with Crippen molar-refractivity contribution in [3.8, 4) is 39.5 Å². The summed E-state index contributed by atoms with van der Waals surface area (Å²) in [5.74, 6) is 0.143. The van der Waals surface area contributed by atoms with Crippen molar-refractivity contribution >= 4 is 21.8 Å². The van der Waals surface area contributed by atoms with E-state index in [9.17, 15) is 4.39 Å². The van der Waals surface area contributed by atoms with Gasteiger partial charge in [0.25, 0.3) is 0 Å². The van der Waals surface area contributed by atoms with Crippen molar-refractivity contribution in [2.75, 3.05) is 20.2 Å². The van der Waals surface area contributed by atoms with E-state index in [1.165, 1.54) is 30.5 Å². The SMILES string of the molecule is COc1cc(F)cc(-c2cccc3[nH]c(-c4n[nH]c5cnc(-c6cncc(CN7CCCC7)c6)cc45)cc23)c1. The summed E-state index contributed by atoms with van der Waals surface area (Å²) in [4.78, 5) is 15.2. The monoisotopic (exact) mass is 518 g/mol. The highest BCUT2D eigenvalue weighted by Gasteiger charge is 2.17. The summed E-state index contributed by atoms with van der Waals surface area (Å²) >= 11 is 0. The van der Waals surface area contributed by atoms with Crippen LogP contribution in [0, 0.1) is 5.82 Å². The number of H-pyrrole nitrogens is 2. The van der Waals surface area contributed by atoms with Crippen molar-refractivity contribution in [1.82, 2.24) is 30.0 Å². The topological polar surface area (TPSA) is 82.7 Å². The van der Waals surface area contributed by atoms with Crippen molar-refractivity contribution in [3.05, 3.63) is 84.6 Å². The number of rotatable bonds is 6. The van der Waals surface area contributed by atoms with Crippen molar-refractivity contribution < 1.29 is 9.13 Å². The molecule has 0 unspecified atom stereocenters. The molecular weight excluding hydrogens is 491 g/mol. The number of benzene rings is 2. The number of nitrogens with one attached hydrogen (secondary N) is 2. The number of fused-ring (bicyclic) bond motifs is 2. The minimum absolute atomic E-state index is 0.338. The molecule has 4 aromatic heterocycles. The third-order valence-corrected chi connectivity index (χ3v) is 7.48. The minimum atomic E-state index is -0.338. The van der Waals surface area contributed by atoms with Crippen LogP contribution in [0.15, 0.2) is 73.2 Å². The second-order valence-corrected chi connectivity index (χ2v) is 10.1. The molecule has 1 saturated heterocycles. The Morgan fingerprint density at radius 2 is 1.82 bits per heavy atom. The van der Waals surface area contributed by atoms with Crippen LogP contribution in [-0.4, -0.2) is 50.2 Å². The molecule has 39 heavy (non-hydrogen) atoms. The van der Waals surface area contributed by atoms with Crippen LogP contribution in [0.25, 0.3) is 55.6 Å². The molecule has 8 heteroatoms. The molecule has 2 aromatic carbocycles. The molecule has 7 rings (SSSR count). The quantitative estimate of drug-likeness (QED) is 0.260. The van der Waals surface area contributed by atoms with Gasteiger partial charge in [-0.25, -0.2) is 4.39 Å². The maximum atomic E-state index is 14.3. The Kier molecular flexibility index (Phi) is 5.82. The molecule has 1 aliphatic heterocycles. The van der Waals surface area contributed by atoms with Gasteiger partial charge < -0.3 is 9.72 Å². The van der Waals surface area contributed by atoms with E-state index in [4.69, 9.17) is 9.72 Å². The summed E-state index contributed by atoms with van der Waals surface area (Å²) in [5, 5.41) is 9.68. The summed E-state index contributed by atoms with van der Waals surface area (Å²) < 4.78 is 19.6. The van der Waals surface area contributed by atoms with Gasteiger partial charge in [-0.2, -0.15) is 5.10 Å². The lowest BCUT2D eigenvalue weighted by molar-refractivity contribution is 0.331. The van der Waals surface area contributed by atoms with Crippen LogP contribution in [0.5, 0.6) is 5.75 Å². The average Bonchev–Trinajstić information content (AvgIpc) is 3.72. The summed E-state index contributed by atoms with van der Waals surface area (Å²) in [7, 11) is 1.54. The zero-order valence-corrected chi connectivity index (χ0v) is 21.5. The second kappa shape index (κ2) is 9.63. The molecule has 7 nitrogen and oxygen atoms in total. The molecule has 2 N–H and O–H groups in total. The number of hydrogen-bond donors (Lipinski definition) is 2. The van der Waals surface area contributed by atoms with Crippen LogP contribution in [0.3, 0.4) is 0 Å². The van der Waals surface area contributed by atoms with Gasteiger partial charge in [0.1, 0.15) is 17.3 Å². The number of hydrogen-bond acceptors (Lipinski definition) is 5. The van der Waals surface area contributed by atoms with E-state index < -0.39 is 0 Å². The van der Waals surface area contributed by atoms with E-state index in [0.717, 1.165) is 75.2 Å². The predicted molar refractivity (Wildman–Crippen MR) is 151 cm³/mol. The van der Waals surface area contributed by atoms with Crippen molar-refractivity contribution in [2.24, 2.45) is 0 Å². The number of pyridine rings is 2. The highest BCUT2D eigenvalue weighted by Crippen LogP contribution is 2.36. The second-order valence-electron chi connectivity index (χ2n) is 10.1. The predicted octanol–water partition coefficient (Wildman–Crippen LogP) is 6.58. The Morgan fingerprint density at radius 3 is 2.69 bits per heavy atom. The molecular formula is C31H27FN6O. The zero-order valence-electron chi connectivity index (χ0n) is 21.5. The zero-order chi connectivity index (χ0) is 26.3. The molecule has 1 aliphatic rings. The number of aromatic amines is 2. The number of likely N-dealkylation sites (tertiary alicyclic amines) is 1. The van der Waals surface area contributed by atoms with Gasteiger partial charge in [0.15, 0.2) is 0 Å². The fourth-order valence-corrected chi connectivity index (χ4v) is 5.56. The first-order valence-corrected chi connectivity index (χ1v) is 13.1. The fraction of sp³-hybridized carbons (Fsp3) is 0.194. The van der Waals surface area contributed by atoms with E-state index >= 15 is 0 Å². The smallest absolute Gasteiger partial charge is 0.127 e. The van der Waals surface area contributed by atoms with Crippen LogP contribution in [0.1, 0.15) is 18.4 Å². The maximum absolute atomic E-state index is 14.3. The van der Waals surface area contributed by atoms with Crippen molar-refractivity contribution in [3.63, 3.8) is 0 Å². The molecule has 0 bridgehead atoms. The summed E-state index contributed by atoms with van der Waals surface area (Å²) in [6.07, 6.45) is 8.16. The largest absolute Gasteiger partial charge is 0.497 e. The Balaban J connectivity index is 1.28. The lowest BCUT2D eigenvalue weighted by Crippen LogP contribution is -2.18. The van der Waals surface area contributed by atoms with Gasteiger partial charge in [0.05, 0.1) is 30.2 Å².